The van der Waals surface area contributed by atoms with E-state index in [1.165, 1.54) is 0 Å². The van der Waals surface area contributed by atoms with Crippen LogP contribution in [0.4, 0.5) is 0 Å². The molecule has 0 saturated carbocycles. The van der Waals surface area contributed by atoms with Crippen molar-refractivity contribution >= 4 is 33.2 Å². The molecule has 4 nitrogen and oxygen atoms in total. The van der Waals surface area contributed by atoms with Gasteiger partial charge in [-0.15, -0.1) is 0 Å². The lowest BCUT2D eigenvalue weighted by Crippen LogP contribution is -2.32. The summed E-state index contributed by atoms with van der Waals surface area (Å²) in [7, 11) is -3.70. The van der Waals surface area contributed by atoms with E-state index in [0.29, 0.717) is 22.8 Å². The molecule has 0 aliphatic carbocycles. The van der Waals surface area contributed by atoms with Crippen LogP contribution in [0.15, 0.2) is 11.0 Å². The zero-order chi connectivity index (χ0) is 14.9. The van der Waals surface area contributed by atoms with Crippen LogP contribution in [0.2, 0.25) is 10.0 Å². The monoisotopic (exact) mass is 337 g/mol. The smallest absolute Gasteiger partial charge is 0.242 e. The quantitative estimate of drug-likeness (QED) is 0.918. The third kappa shape index (κ3) is 3.28. The third-order valence-corrected chi connectivity index (χ3v) is 5.97. The average Bonchev–Trinajstić information content (AvgIpc) is 2.87. The summed E-state index contributed by atoms with van der Waals surface area (Å²) in [4.78, 5) is 0.0576. The van der Waals surface area contributed by atoms with Crippen LogP contribution in [-0.2, 0) is 14.8 Å². The first-order chi connectivity index (χ1) is 9.33. The van der Waals surface area contributed by atoms with Gasteiger partial charge < -0.3 is 4.74 Å². The maximum atomic E-state index is 12.4. The summed E-state index contributed by atoms with van der Waals surface area (Å²) < 4.78 is 32.8. The second-order valence-corrected chi connectivity index (χ2v) is 7.42. The van der Waals surface area contributed by atoms with E-state index in [9.17, 15) is 8.42 Å². The maximum absolute atomic E-state index is 12.4. The zero-order valence-corrected chi connectivity index (χ0v) is 13.7. The zero-order valence-electron chi connectivity index (χ0n) is 11.4. The molecule has 0 bridgehead atoms. The Bertz CT molecular complexity index is 584. The first-order valence-electron chi connectivity index (χ1n) is 6.39. The van der Waals surface area contributed by atoms with Crippen molar-refractivity contribution in [2.45, 2.75) is 37.7 Å². The first-order valence-corrected chi connectivity index (χ1v) is 8.63. The molecule has 0 amide bonds. The van der Waals surface area contributed by atoms with Gasteiger partial charge in [0.25, 0.3) is 0 Å². The summed E-state index contributed by atoms with van der Waals surface area (Å²) in [6.07, 6.45) is 1.76. The highest BCUT2D eigenvalue weighted by atomic mass is 35.5. The summed E-state index contributed by atoms with van der Waals surface area (Å²) in [5.41, 5.74) is 1.10. The molecule has 0 aromatic heterocycles. The van der Waals surface area contributed by atoms with Gasteiger partial charge >= 0.3 is 0 Å². The van der Waals surface area contributed by atoms with Crippen molar-refractivity contribution in [3.8, 4) is 0 Å². The fourth-order valence-electron chi connectivity index (χ4n) is 2.21. The molecule has 1 heterocycles. The second kappa shape index (κ2) is 6.20. The third-order valence-electron chi connectivity index (χ3n) is 3.38. The van der Waals surface area contributed by atoms with Crippen LogP contribution in [0.1, 0.15) is 24.0 Å². The molecule has 1 aliphatic rings. The molecule has 20 heavy (non-hydrogen) atoms. The Morgan fingerprint density at radius 1 is 1.40 bits per heavy atom. The number of halogens is 2. The Hall–Kier alpha value is -0.330. The number of rotatable bonds is 4. The molecular formula is C13H17Cl2NO3S. The molecule has 0 spiro atoms. The van der Waals surface area contributed by atoms with Crippen LogP contribution in [0.5, 0.6) is 0 Å². The lowest BCUT2D eigenvalue weighted by atomic mass is 10.2. The SMILES string of the molecule is Cc1cc(Cl)c(C)c(S(=O)(=O)NCC2CCCO2)c1Cl. The molecule has 0 radical (unpaired) electrons. The number of benzene rings is 1. The van der Waals surface area contributed by atoms with Crippen molar-refractivity contribution in [2.75, 3.05) is 13.2 Å². The topological polar surface area (TPSA) is 55.4 Å². The van der Waals surface area contributed by atoms with Gasteiger partial charge in [-0.1, -0.05) is 23.2 Å². The van der Waals surface area contributed by atoms with Crippen LogP contribution in [0, 0.1) is 13.8 Å². The van der Waals surface area contributed by atoms with Gasteiger partial charge in [0.2, 0.25) is 10.0 Å². The fraction of sp³-hybridized carbons (Fsp3) is 0.538. The second-order valence-electron chi connectivity index (χ2n) is 4.93. The van der Waals surface area contributed by atoms with Crippen LogP contribution in [-0.4, -0.2) is 27.7 Å². The standard InChI is InChI=1S/C13H17Cl2NO3S/c1-8-6-11(14)9(2)13(12(8)15)20(17,18)16-7-10-4-3-5-19-10/h6,10,16H,3-5,7H2,1-2H3. The minimum absolute atomic E-state index is 0.0576. The summed E-state index contributed by atoms with van der Waals surface area (Å²) >= 11 is 12.2. The van der Waals surface area contributed by atoms with Crippen molar-refractivity contribution in [3.63, 3.8) is 0 Å². The van der Waals surface area contributed by atoms with E-state index in [0.717, 1.165) is 12.8 Å². The number of ether oxygens (including phenoxy) is 1. The van der Waals surface area contributed by atoms with Gasteiger partial charge in [0.1, 0.15) is 4.90 Å². The van der Waals surface area contributed by atoms with E-state index < -0.39 is 10.0 Å². The number of sulfonamides is 1. The van der Waals surface area contributed by atoms with E-state index in [1.807, 2.05) is 0 Å². The molecule has 1 N–H and O–H groups in total. The highest BCUT2D eigenvalue weighted by Crippen LogP contribution is 2.33. The molecule has 1 unspecified atom stereocenters. The Morgan fingerprint density at radius 2 is 2.10 bits per heavy atom. The van der Waals surface area contributed by atoms with E-state index in [2.05, 4.69) is 4.72 Å². The van der Waals surface area contributed by atoms with Gasteiger partial charge in [-0.25, -0.2) is 13.1 Å². The van der Waals surface area contributed by atoms with Gasteiger partial charge in [-0.2, -0.15) is 0 Å². The van der Waals surface area contributed by atoms with Crippen molar-refractivity contribution in [2.24, 2.45) is 0 Å². The summed E-state index contributed by atoms with van der Waals surface area (Å²) in [6.45, 7) is 4.31. The van der Waals surface area contributed by atoms with Crippen LogP contribution in [0.3, 0.4) is 0 Å². The molecule has 1 aromatic carbocycles. The van der Waals surface area contributed by atoms with Crippen molar-refractivity contribution in [3.05, 3.63) is 27.2 Å². The van der Waals surface area contributed by atoms with Crippen LogP contribution < -0.4 is 4.72 Å². The molecule has 112 valence electrons. The number of hydrogen-bond donors (Lipinski definition) is 1. The molecule has 1 atom stereocenters. The van der Waals surface area contributed by atoms with Gasteiger partial charge in [0.05, 0.1) is 11.1 Å². The van der Waals surface area contributed by atoms with Crippen molar-refractivity contribution < 1.29 is 13.2 Å². The highest BCUT2D eigenvalue weighted by molar-refractivity contribution is 7.89. The Labute approximate surface area is 129 Å². The predicted molar refractivity (Wildman–Crippen MR) is 80.1 cm³/mol. The molecule has 1 aliphatic heterocycles. The summed E-state index contributed by atoms with van der Waals surface area (Å²) in [6, 6.07) is 1.67. The Morgan fingerprint density at radius 3 is 2.70 bits per heavy atom. The van der Waals surface area contributed by atoms with Crippen molar-refractivity contribution in [1.82, 2.24) is 4.72 Å². The van der Waals surface area contributed by atoms with Crippen LogP contribution in [0.25, 0.3) is 0 Å². The van der Waals surface area contributed by atoms with Gasteiger partial charge in [0, 0.05) is 18.2 Å². The Balaban J connectivity index is 2.29. The largest absolute Gasteiger partial charge is 0.377 e. The lowest BCUT2D eigenvalue weighted by Gasteiger charge is -2.16. The number of nitrogens with one attached hydrogen (secondary N) is 1. The molecule has 1 fully saturated rings. The average molecular weight is 338 g/mol. The van der Waals surface area contributed by atoms with Crippen molar-refractivity contribution in [1.29, 1.82) is 0 Å². The van der Waals surface area contributed by atoms with E-state index in [4.69, 9.17) is 27.9 Å². The predicted octanol–water partition coefficient (Wildman–Crippen LogP) is 3.07. The normalized spacial score (nSPS) is 19.5. The summed E-state index contributed by atoms with van der Waals surface area (Å²) in [5, 5.41) is 0.608. The summed E-state index contributed by atoms with van der Waals surface area (Å²) in [5.74, 6) is 0. The number of aryl methyl sites for hydroxylation is 1. The minimum atomic E-state index is -3.70. The van der Waals surface area contributed by atoms with Gasteiger partial charge in [0.15, 0.2) is 0 Å². The molecular weight excluding hydrogens is 321 g/mol. The Kier molecular flexibility index (Phi) is 4.97. The molecule has 1 aromatic rings. The molecule has 1 saturated heterocycles. The number of hydrogen-bond acceptors (Lipinski definition) is 3. The van der Waals surface area contributed by atoms with Gasteiger partial charge in [-0.3, -0.25) is 0 Å². The lowest BCUT2D eigenvalue weighted by molar-refractivity contribution is 0.114. The van der Waals surface area contributed by atoms with Crippen LogP contribution >= 0.6 is 23.2 Å². The highest BCUT2D eigenvalue weighted by Gasteiger charge is 2.25. The van der Waals surface area contributed by atoms with E-state index >= 15 is 0 Å². The van der Waals surface area contributed by atoms with E-state index in [1.54, 1.807) is 19.9 Å². The maximum Gasteiger partial charge on any atom is 0.242 e. The van der Waals surface area contributed by atoms with E-state index in [-0.39, 0.29) is 22.6 Å². The molecule has 7 heteroatoms. The van der Waals surface area contributed by atoms with Gasteiger partial charge in [-0.05, 0) is 43.9 Å². The fourth-order valence-corrected chi connectivity index (χ4v) is 4.49. The molecule has 2 rings (SSSR count). The first kappa shape index (κ1) is 16.0. The minimum Gasteiger partial charge on any atom is -0.377 e.